The van der Waals surface area contributed by atoms with E-state index in [1.165, 1.54) is 4.68 Å². The van der Waals surface area contributed by atoms with Crippen LogP contribution in [-0.4, -0.2) is 26.8 Å². The second-order valence-electron chi connectivity index (χ2n) is 7.70. The molecule has 0 saturated heterocycles. The molecule has 0 aliphatic carbocycles. The summed E-state index contributed by atoms with van der Waals surface area (Å²) in [6.45, 7) is 1.95. The number of aromatic nitrogens is 3. The molecule has 0 aliphatic rings. The van der Waals surface area contributed by atoms with E-state index in [1.807, 2.05) is 55.5 Å². The fourth-order valence-electron chi connectivity index (χ4n) is 3.62. The lowest BCUT2D eigenvalue weighted by Gasteiger charge is -2.06. The standard InChI is InChI=1S/C25H18Cl2N6O/c1-14-5-4-6-16(11-14)30-25(34)21-22-24(32-20-8-3-2-7-19(20)31-22)33(23(21)28)29-13-15-9-10-17(26)18(27)12-15/h2-13H,28H2,1H3,(H,30,34). The van der Waals surface area contributed by atoms with E-state index in [2.05, 4.69) is 20.4 Å². The van der Waals surface area contributed by atoms with E-state index in [9.17, 15) is 4.79 Å². The normalized spacial score (nSPS) is 11.5. The summed E-state index contributed by atoms with van der Waals surface area (Å²) in [6, 6.07) is 20.0. The van der Waals surface area contributed by atoms with Crippen molar-refractivity contribution in [3.63, 3.8) is 0 Å². The van der Waals surface area contributed by atoms with E-state index in [-0.39, 0.29) is 11.4 Å². The first kappa shape index (κ1) is 21.9. The number of hydrogen-bond donors (Lipinski definition) is 2. The molecule has 9 heteroatoms. The highest BCUT2D eigenvalue weighted by Crippen LogP contribution is 2.29. The predicted molar refractivity (Wildman–Crippen MR) is 138 cm³/mol. The molecular formula is C25H18Cl2N6O. The SMILES string of the molecule is Cc1cccc(NC(=O)c2c(N)n(N=Cc3ccc(Cl)c(Cl)c3)c3nc4ccccc4nc23)c1. The maximum Gasteiger partial charge on any atom is 0.261 e. The molecule has 0 bridgehead atoms. The van der Waals surface area contributed by atoms with Crippen molar-refractivity contribution in [3.05, 3.63) is 93.5 Å². The Morgan fingerprint density at radius 2 is 1.76 bits per heavy atom. The Kier molecular flexibility index (Phi) is 5.65. The van der Waals surface area contributed by atoms with Gasteiger partial charge in [-0.05, 0) is 54.4 Å². The average Bonchev–Trinajstić information content (AvgIpc) is 3.08. The summed E-state index contributed by atoms with van der Waals surface area (Å²) < 4.78 is 1.41. The predicted octanol–water partition coefficient (Wildman–Crippen LogP) is 5.92. The molecule has 0 radical (unpaired) electrons. The van der Waals surface area contributed by atoms with Crippen LogP contribution in [0.25, 0.3) is 22.2 Å². The highest BCUT2D eigenvalue weighted by Gasteiger charge is 2.24. The fourth-order valence-corrected chi connectivity index (χ4v) is 3.93. The van der Waals surface area contributed by atoms with Crippen LogP contribution in [0.2, 0.25) is 10.0 Å². The maximum absolute atomic E-state index is 13.3. The third-order valence-electron chi connectivity index (χ3n) is 5.24. The number of benzene rings is 3. The minimum atomic E-state index is -0.402. The van der Waals surface area contributed by atoms with Crippen molar-refractivity contribution in [1.29, 1.82) is 0 Å². The molecule has 0 atom stereocenters. The quantitative estimate of drug-likeness (QED) is 0.307. The number of nitrogens with two attached hydrogens (primary N) is 1. The molecular weight excluding hydrogens is 471 g/mol. The summed E-state index contributed by atoms with van der Waals surface area (Å²) in [6.07, 6.45) is 1.57. The van der Waals surface area contributed by atoms with Crippen molar-refractivity contribution in [2.75, 3.05) is 11.1 Å². The van der Waals surface area contributed by atoms with Crippen LogP contribution < -0.4 is 11.1 Å². The Bertz CT molecular complexity index is 1610. The zero-order valence-corrected chi connectivity index (χ0v) is 19.5. The van der Waals surface area contributed by atoms with Gasteiger partial charge in [0.15, 0.2) is 5.65 Å². The van der Waals surface area contributed by atoms with Gasteiger partial charge in [-0.1, -0.05) is 53.5 Å². The highest BCUT2D eigenvalue weighted by molar-refractivity contribution is 6.42. The molecule has 2 aromatic heterocycles. The van der Waals surface area contributed by atoms with Crippen LogP contribution in [0.5, 0.6) is 0 Å². The Hall–Kier alpha value is -3.94. The van der Waals surface area contributed by atoms with Crippen LogP contribution in [-0.2, 0) is 0 Å². The number of anilines is 2. The molecule has 7 nitrogen and oxygen atoms in total. The van der Waals surface area contributed by atoms with Gasteiger partial charge < -0.3 is 11.1 Å². The van der Waals surface area contributed by atoms with E-state index in [1.54, 1.807) is 24.4 Å². The van der Waals surface area contributed by atoms with Crippen molar-refractivity contribution in [2.45, 2.75) is 6.92 Å². The summed E-state index contributed by atoms with van der Waals surface area (Å²) in [5.74, 6) is -0.284. The third-order valence-corrected chi connectivity index (χ3v) is 5.98. The van der Waals surface area contributed by atoms with Gasteiger partial charge in [-0.2, -0.15) is 9.78 Å². The van der Waals surface area contributed by atoms with Crippen molar-refractivity contribution in [2.24, 2.45) is 5.10 Å². The lowest BCUT2D eigenvalue weighted by Crippen LogP contribution is -2.14. The van der Waals surface area contributed by atoms with Crippen LogP contribution in [0, 0.1) is 6.92 Å². The highest BCUT2D eigenvalue weighted by atomic mass is 35.5. The first-order valence-corrected chi connectivity index (χ1v) is 11.1. The smallest absolute Gasteiger partial charge is 0.261 e. The number of nitrogens with zero attached hydrogens (tertiary/aromatic N) is 4. The number of fused-ring (bicyclic) bond motifs is 2. The topological polar surface area (TPSA) is 98.2 Å². The summed E-state index contributed by atoms with van der Waals surface area (Å²) in [5.41, 5.74) is 11.0. The van der Waals surface area contributed by atoms with Gasteiger partial charge in [-0.25, -0.2) is 9.97 Å². The summed E-state index contributed by atoms with van der Waals surface area (Å²) >= 11 is 12.1. The number of hydrogen-bond acceptors (Lipinski definition) is 5. The molecule has 0 aliphatic heterocycles. The van der Waals surface area contributed by atoms with Crippen molar-refractivity contribution in [1.82, 2.24) is 14.6 Å². The molecule has 0 fully saturated rings. The fraction of sp³-hybridized carbons (Fsp3) is 0.0400. The van der Waals surface area contributed by atoms with E-state index in [0.717, 1.165) is 5.56 Å². The van der Waals surface area contributed by atoms with Gasteiger partial charge >= 0.3 is 0 Å². The van der Waals surface area contributed by atoms with Crippen LogP contribution in [0.15, 0.2) is 71.8 Å². The van der Waals surface area contributed by atoms with Crippen LogP contribution in [0.4, 0.5) is 11.5 Å². The van der Waals surface area contributed by atoms with Gasteiger partial charge in [0, 0.05) is 5.69 Å². The van der Waals surface area contributed by atoms with E-state index < -0.39 is 5.91 Å². The van der Waals surface area contributed by atoms with Gasteiger partial charge in [0.2, 0.25) is 0 Å². The molecule has 0 unspecified atom stereocenters. The van der Waals surface area contributed by atoms with Gasteiger partial charge in [0.1, 0.15) is 16.9 Å². The van der Waals surface area contributed by atoms with Crippen LogP contribution >= 0.6 is 23.2 Å². The Morgan fingerprint density at radius 1 is 1.00 bits per heavy atom. The van der Waals surface area contributed by atoms with E-state index in [0.29, 0.717) is 43.5 Å². The number of nitrogens with one attached hydrogen (secondary N) is 1. The second kappa shape index (κ2) is 8.78. The molecule has 34 heavy (non-hydrogen) atoms. The number of carbonyl (C=O) groups excluding carboxylic acids is 1. The molecule has 0 saturated carbocycles. The number of para-hydroxylation sites is 2. The summed E-state index contributed by atoms with van der Waals surface area (Å²) in [4.78, 5) is 22.7. The number of halogens is 2. The summed E-state index contributed by atoms with van der Waals surface area (Å²) in [5, 5.41) is 8.23. The van der Waals surface area contributed by atoms with E-state index in [4.69, 9.17) is 28.9 Å². The second-order valence-corrected chi connectivity index (χ2v) is 8.51. The van der Waals surface area contributed by atoms with Gasteiger partial charge in [-0.3, -0.25) is 4.79 Å². The minimum Gasteiger partial charge on any atom is -0.383 e. The Balaban J connectivity index is 1.66. The van der Waals surface area contributed by atoms with Crippen LogP contribution in [0.1, 0.15) is 21.5 Å². The van der Waals surface area contributed by atoms with Crippen molar-refractivity contribution >= 4 is 69.0 Å². The molecule has 1 amide bonds. The molecule has 3 N–H and O–H groups in total. The first-order chi connectivity index (χ1) is 16.4. The number of nitrogen functional groups attached to an aromatic ring is 1. The molecule has 168 valence electrons. The molecule has 5 aromatic rings. The Morgan fingerprint density at radius 3 is 2.50 bits per heavy atom. The number of rotatable bonds is 4. The molecule has 5 rings (SSSR count). The van der Waals surface area contributed by atoms with Crippen molar-refractivity contribution in [3.8, 4) is 0 Å². The average molecular weight is 489 g/mol. The minimum absolute atomic E-state index is 0.117. The monoisotopic (exact) mass is 488 g/mol. The first-order valence-electron chi connectivity index (χ1n) is 10.3. The number of aryl methyl sites for hydroxylation is 1. The third kappa shape index (κ3) is 4.07. The van der Waals surface area contributed by atoms with Gasteiger partial charge in [-0.15, -0.1) is 0 Å². The lowest BCUT2D eigenvalue weighted by atomic mass is 10.2. The van der Waals surface area contributed by atoms with Gasteiger partial charge in [0.25, 0.3) is 5.91 Å². The number of carbonyl (C=O) groups is 1. The zero-order chi connectivity index (χ0) is 23.8. The largest absolute Gasteiger partial charge is 0.383 e. The van der Waals surface area contributed by atoms with E-state index >= 15 is 0 Å². The summed E-state index contributed by atoms with van der Waals surface area (Å²) in [7, 11) is 0. The van der Waals surface area contributed by atoms with Gasteiger partial charge in [0.05, 0.1) is 27.3 Å². The van der Waals surface area contributed by atoms with Crippen LogP contribution in [0.3, 0.4) is 0 Å². The number of amides is 1. The zero-order valence-electron chi connectivity index (χ0n) is 18.0. The molecule has 2 heterocycles. The lowest BCUT2D eigenvalue weighted by molar-refractivity contribution is 0.102. The maximum atomic E-state index is 13.3. The Labute approximate surface area is 204 Å². The molecule has 0 spiro atoms. The van der Waals surface area contributed by atoms with Crippen molar-refractivity contribution < 1.29 is 4.79 Å². The molecule has 3 aromatic carbocycles.